The van der Waals surface area contributed by atoms with E-state index in [1.807, 2.05) is 42.2 Å². The molecule has 0 fully saturated rings. The summed E-state index contributed by atoms with van der Waals surface area (Å²) in [7, 11) is 1.79. The van der Waals surface area contributed by atoms with Gasteiger partial charge in [0.1, 0.15) is 0 Å². The minimum absolute atomic E-state index is 0.0403. The number of ether oxygens (including phenoxy) is 1. The molecule has 0 aliphatic heterocycles. The second-order valence-electron chi connectivity index (χ2n) is 10.3. The molecule has 5 aromatic rings. The quantitative estimate of drug-likeness (QED) is 0.0884. The Morgan fingerprint density at radius 2 is 1.98 bits per heavy atom. The minimum Gasteiger partial charge on any atom is -0.491 e. The lowest BCUT2D eigenvalue weighted by Crippen LogP contribution is -2.20. The van der Waals surface area contributed by atoms with Gasteiger partial charge in [-0.25, -0.2) is 19.2 Å². The number of nitrogens with zero attached hydrogens (tertiary/aromatic N) is 5. The third-order valence-electron chi connectivity index (χ3n) is 6.83. The van der Waals surface area contributed by atoms with Crippen LogP contribution >= 0.6 is 22.7 Å². The first-order valence-electron chi connectivity index (χ1n) is 14.8. The third kappa shape index (κ3) is 8.60. The summed E-state index contributed by atoms with van der Waals surface area (Å²) in [5.41, 5.74) is 2.24. The lowest BCUT2D eigenvalue weighted by Gasteiger charge is -2.20. The fourth-order valence-corrected chi connectivity index (χ4v) is 6.53. The van der Waals surface area contributed by atoms with E-state index < -0.39 is 11.8 Å². The largest absolute Gasteiger partial charge is 0.491 e. The zero-order valence-electron chi connectivity index (χ0n) is 25.8. The van der Waals surface area contributed by atoms with Crippen molar-refractivity contribution in [2.45, 2.75) is 32.6 Å². The maximum absolute atomic E-state index is 14.5. The van der Waals surface area contributed by atoms with E-state index in [1.165, 1.54) is 28.7 Å². The van der Waals surface area contributed by atoms with Gasteiger partial charge in [-0.3, -0.25) is 0 Å². The number of fused-ring (bicyclic) bond motifs is 1. The molecule has 0 aliphatic carbocycles. The van der Waals surface area contributed by atoms with Crippen molar-refractivity contribution in [2.75, 3.05) is 37.0 Å². The van der Waals surface area contributed by atoms with E-state index in [0.29, 0.717) is 71.1 Å². The zero-order valence-corrected chi connectivity index (χ0v) is 27.5. The van der Waals surface area contributed by atoms with Crippen LogP contribution in [-0.4, -0.2) is 58.0 Å². The van der Waals surface area contributed by atoms with Crippen molar-refractivity contribution in [3.8, 4) is 29.9 Å². The van der Waals surface area contributed by atoms with Crippen LogP contribution in [0.3, 0.4) is 0 Å². The first-order chi connectivity index (χ1) is 22.9. The SMILES string of the molecule is C#CCCCN(c1cc(C)c(Nc2nc3ccccc3s2)nn1)c1nc(C(=O)O)c(CCCOc2ccc(C#CCNC)cc2F)s1. The number of aromatic carboxylic acids is 1. The zero-order chi connectivity index (χ0) is 33.2. The Hall–Kier alpha value is -5.08. The van der Waals surface area contributed by atoms with Crippen LogP contribution in [0.5, 0.6) is 5.75 Å². The summed E-state index contributed by atoms with van der Waals surface area (Å²) in [5.74, 6) is 7.97. The highest BCUT2D eigenvalue weighted by molar-refractivity contribution is 7.22. The molecule has 0 spiro atoms. The number of aromatic nitrogens is 4. The number of hydrogen-bond acceptors (Lipinski definition) is 11. The summed E-state index contributed by atoms with van der Waals surface area (Å²) >= 11 is 2.79. The lowest BCUT2D eigenvalue weighted by molar-refractivity contribution is 0.0690. The van der Waals surface area contributed by atoms with Crippen molar-refractivity contribution in [1.82, 2.24) is 25.5 Å². The molecule has 5 rings (SSSR count). The summed E-state index contributed by atoms with van der Waals surface area (Å²) in [5, 5.41) is 26.2. The minimum atomic E-state index is -1.13. The van der Waals surface area contributed by atoms with Gasteiger partial charge in [0.05, 0.1) is 23.4 Å². The normalized spacial score (nSPS) is 10.7. The molecule has 47 heavy (non-hydrogen) atoms. The van der Waals surface area contributed by atoms with Crippen molar-refractivity contribution in [2.24, 2.45) is 0 Å². The highest BCUT2D eigenvalue weighted by Gasteiger charge is 2.23. The predicted molar refractivity (Wildman–Crippen MR) is 185 cm³/mol. The molecule has 10 nitrogen and oxygen atoms in total. The number of unbranched alkanes of at least 4 members (excludes halogenated alkanes) is 1. The molecule has 0 bridgehead atoms. The Balaban J connectivity index is 1.30. The number of anilines is 4. The number of para-hydroxylation sites is 1. The van der Waals surface area contributed by atoms with Gasteiger partial charge in [0.2, 0.25) is 0 Å². The molecule has 0 unspecified atom stereocenters. The van der Waals surface area contributed by atoms with Crippen LogP contribution in [0, 0.1) is 36.9 Å². The van der Waals surface area contributed by atoms with Gasteiger partial charge in [-0.15, -0.1) is 33.9 Å². The number of carboxylic acid groups (broad SMARTS) is 1. The number of carbonyl (C=O) groups is 1. The number of halogens is 1. The molecule has 0 saturated carbocycles. The number of rotatable bonds is 14. The van der Waals surface area contributed by atoms with Crippen molar-refractivity contribution in [3.05, 3.63) is 76.0 Å². The van der Waals surface area contributed by atoms with Gasteiger partial charge >= 0.3 is 5.97 Å². The topological polar surface area (TPSA) is 125 Å². The molecular formula is C34H32FN7O3S2. The molecule has 0 amide bonds. The Kier molecular flexibility index (Phi) is 11.3. The molecule has 0 radical (unpaired) electrons. The fourth-order valence-electron chi connectivity index (χ4n) is 4.54. The van der Waals surface area contributed by atoms with E-state index in [4.69, 9.17) is 11.2 Å². The van der Waals surface area contributed by atoms with Gasteiger partial charge < -0.3 is 25.4 Å². The number of benzene rings is 2. The van der Waals surface area contributed by atoms with Crippen LogP contribution in [0.4, 0.5) is 26.3 Å². The average Bonchev–Trinajstić information content (AvgIpc) is 3.67. The summed E-state index contributed by atoms with van der Waals surface area (Å²) in [4.78, 5) is 23.7. The van der Waals surface area contributed by atoms with E-state index in [1.54, 1.807) is 19.2 Å². The maximum Gasteiger partial charge on any atom is 0.355 e. The van der Waals surface area contributed by atoms with Crippen molar-refractivity contribution < 1.29 is 19.0 Å². The van der Waals surface area contributed by atoms with Crippen LogP contribution in [0.2, 0.25) is 0 Å². The van der Waals surface area contributed by atoms with Gasteiger partial charge in [-0.1, -0.05) is 35.3 Å². The molecular weight excluding hydrogens is 638 g/mol. The highest BCUT2D eigenvalue weighted by Crippen LogP contribution is 2.34. The standard InChI is InChI=1S/C34H32FN7O3S2/c1-4-5-8-18-42(29-20-22(2)31(41-40-29)39-33-37-25-12-6-7-13-27(25)46-33)34-38-30(32(43)44)28(47-34)14-10-19-45-26-16-15-23(21-24(26)35)11-9-17-36-3/h1,6-7,12-13,15-16,20-21,36H,5,8,10,14,17-19H2,2-3H3,(H,43,44)(H,37,39,41). The van der Waals surface area contributed by atoms with Crippen LogP contribution in [-0.2, 0) is 6.42 Å². The fraction of sp³-hybridized carbons (Fsp3) is 0.265. The molecule has 3 aromatic heterocycles. The van der Waals surface area contributed by atoms with Crippen LogP contribution in [0.15, 0.2) is 48.5 Å². The van der Waals surface area contributed by atoms with E-state index in [0.717, 1.165) is 15.8 Å². The number of thiazole rings is 2. The number of aryl methyl sites for hydroxylation is 2. The van der Waals surface area contributed by atoms with E-state index >= 15 is 0 Å². The van der Waals surface area contributed by atoms with Crippen molar-refractivity contribution >= 4 is 60.8 Å². The number of carboxylic acids is 1. The molecule has 13 heteroatoms. The molecule has 2 aromatic carbocycles. The predicted octanol–water partition coefficient (Wildman–Crippen LogP) is 6.57. The smallest absolute Gasteiger partial charge is 0.355 e. The first kappa shape index (κ1) is 33.3. The van der Waals surface area contributed by atoms with Gasteiger partial charge in [0, 0.05) is 23.4 Å². The Bertz CT molecular complexity index is 1940. The summed E-state index contributed by atoms with van der Waals surface area (Å²) in [6, 6.07) is 14.3. The second kappa shape index (κ2) is 16.0. The van der Waals surface area contributed by atoms with E-state index in [9.17, 15) is 14.3 Å². The third-order valence-corrected chi connectivity index (χ3v) is 8.92. The molecule has 0 aliphatic rings. The van der Waals surface area contributed by atoms with Crippen molar-refractivity contribution in [3.63, 3.8) is 0 Å². The number of hydrogen-bond donors (Lipinski definition) is 3. The maximum atomic E-state index is 14.5. The van der Waals surface area contributed by atoms with E-state index in [-0.39, 0.29) is 18.1 Å². The van der Waals surface area contributed by atoms with E-state index in [2.05, 4.69) is 48.6 Å². The summed E-state index contributed by atoms with van der Waals surface area (Å²) in [6.07, 6.45) is 7.51. The summed E-state index contributed by atoms with van der Waals surface area (Å²) in [6.45, 7) is 3.07. The second-order valence-corrected chi connectivity index (χ2v) is 12.4. The van der Waals surface area contributed by atoms with Crippen molar-refractivity contribution in [1.29, 1.82) is 0 Å². The molecule has 0 atom stereocenters. The number of terminal acetylenes is 1. The number of nitrogens with one attached hydrogen (secondary N) is 2. The average molecular weight is 670 g/mol. The molecule has 0 saturated heterocycles. The van der Waals surface area contributed by atoms with Crippen LogP contribution in [0.25, 0.3) is 10.2 Å². The van der Waals surface area contributed by atoms with Gasteiger partial charge in [-0.2, -0.15) is 0 Å². The Morgan fingerprint density at radius 1 is 1.13 bits per heavy atom. The monoisotopic (exact) mass is 669 g/mol. The first-order valence-corrected chi connectivity index (χ1v) is 16.5. The highest BCUT2D eigenvalue weighted by atomic mass is 32.1. The van der Waals surface area contributed by atoms with Gasteiger partial charge in [0.25, 0.3) is 0 Å². The van der Waals surface area contributed by atoms with Gasteiger partial charge in [0.15, 0.2) is 39.2 Å². The van der Waals surface area contributed by atoms with Gasteiger partial charge in [-0.05, 0) is 75.2 Å². The van der Waals surface area contributed by atoms with Crippen LogP contribution < -0.4 is 20.3 Å². The Labute approximate surface area is 280 Å². The van der Waals surface area contributed by atoms with Crippen LogP contribution in [0.1, 0.15) is 45.8 Å². The molecule has 3 N–H and O–H groups in total. The lowest BCUT2D eigenvalue weighted by atomic mass is 10.2. The molecule has 240 valence electrons. The summed E-state index contributed by atoms with van der Waals surface area (Å²) < 4.78 is 21.3. The Morgan fingerprint density at radius 3 is 2.72 bits per heavy atom. The molecule has 3 heterocycles.